The lowest BCUT2D eigenvalue weighted by atomic mass is 10.1. The third-order valence-electron chi connectivity index (χ3n) is 4.53. The van der Waals surface area contributed by atoms with Gasteiger partial charge in [0.25, 0.3) is 5.69 Å². The van der Waals surface area contributed by atoms with Gasteiger partial charge in [0.2, 0.25) is 0 Å². The Morgan fingerprint density at radius 3 is 2.65 bits per heavy atom. The maximum Gasteiger partial charge on any atom is 0.410 e. The quantitative estimate of drug-likeness (QED) is 0.450. The lowest BCUT2D eigenvalue weighted by molar-refractivity contribution is -0.384. The molecule has 1 amide bonds. The number of pyridine rings is 1. The summed E-state index contributed by atoms with van der Waals surface area (Å²) in [5, 5.41) is 14.9. The Morgan fingerprint density at radius 2 is 2.06 bits per heavy atom. The van der Waals surface area contributed by atoms with Crippen LogP contribution in [0.5, 0.6) is 5.75 Å². The lowest BCUT2D eigenvalue weighted by Crippen LogP contribution is -2.58. The predicted octanol–water partition coefficient (Wildman–Crippen LogP) is 4.92. The molecule has 1 aromatic heterocycles. The van der Waals surface area contributed by atoms with Crippen LogP contribution in [-0.2, 0) is 4.74 Å². The minimum atomic E-state index is -0.581. The zero-order valence-corrected chi connectivity index (χ0v) is 19.4. The number of aromatic nitrogens is 1. The number of carbonyl (C=O) groups is 1. The summed E-state index contributed by atoms with van der Waals surface area (Å²) in [5.74, 6) is 0.329. The summed E-state index contributed by atoms with van der Waals surface area (Å²) in [6.07, 6.45) is 0.837. The minimum Gasteiger partial charge on any atom is -0.482 e. The van der Waals surface area contributed by atoms with E-state index in [0.29, 0.717) is 29.0 Å². The van der Waals surface area contributed by atoms with Gasteiger partial charge in [-0.15, -0.1) is 0 Å². The van der Waals surface area contributed by atoms with Crippen molar-refractivity contribution in [2.45, 2.75) is 45.4 Å². The van der Waals surface area contributed by atoms with Crippen molar-refractivity contribution in [2.75, 3.05) is 18.4 Å². The highest BCUT2D eigenvalue weighted by molar-refractivity contribution is 9.10. The van der Waals surface area contributed by atoms with E-state index in [9.17, 15) is 14.9 Å². The Kier molecular flexibility index (Phi) is 6.68. The Labute approximate surface area is 189 Å². The number of rotatable bonds is 6. The zero-order valence-electron chi connectivity index (χ0n) is 17.8. The van der Waals surface area contributed by atoms with Gasteiger partial charge >= 0.3 is 6.09 Å². The number of halogens is 1. The fraction of sp³-hybridized carbons (Fsp3) is 0.429. The summed E-state index contributed by atoms with van der Waals surface area (Å²) >= 11 is 3.32. The standard InChI is InChI=1S/C21H25BrN4O5/c1-13(16-7-5-6-8-23-16)30-18-10-14(22)9-17(26(28)29)19(18)24-15-11-25(12-15)20(27)31-21(2,3)4/h5-10,13,15,24H,11-12H2,1-4H3. The Morgan fingerprint density at radius 1 is 1.35 bits per heavy atom. The van der Waals surface area contributed by atoms with Crippen molar-refractivity contribution in [3.63, 3.8) is 0 Å². The second-order valence-corrected chi connectivity index (χ2v) is 9.21. The van der Waals surface area contributed by atoms with E-state index in [1.807, 2.05) is 19.1 Å². The van der Waals surface area contributed by atoms with Gasteiger partial charge in [-0.25, -0.2) is 4.79 Å². The van der Waals surface area contributed by atoms with Gasteiger partial charge in [-0.1, -0.05) is 22.0 Å². The van der Waals surface area contributed by atoms with E-state index in [1.165, 1.54) is 6.07 Å². The fourth-order valence-electron chi connectivity index (χ4n) is 3.07. The molecule has 0 aliphatic carbocycles. The molecule has 1 atom stereocenters. The molecule has 0 bridgehead atoms. The van der Waals surface area contributed by atoms with Crippen molar-refractivity contribution in [1.82, 2.24) is 9.88 Å². The van der Waals surface area contributed by atoms with Crippen LogP contribution in [0.2, 0.25) is 0 Å². The van der Waals surface area contributed by atoms with E-state index in [-0.39, 0.29) is 17.4 Å². The highest BCUT2D eigenvalue weighted by atomic mass is 79.9. The van der Waals surface area contributed by atoms with Gasteiger partial charge in [0.1, 0.15) is 11.7 Å². The maximum atomic E-state index is 12.2. The molecule has 1 aliphatic rings. The van der Waals surface area contributed by atoms with Crippen LogP contribution >= 0.6 is 15.9 Å². The van der Waals surface area contributed by atoms with Gasteiger partial charge in [0.15, 0.2) is 11.4 Å². The van der Waals surface area contributed by atoms with Crippen LogP contribution in [-0.4, -0.2) is 45.6 Å². The molecule has 1 N–H and O–H groups in total. The Hall–Kier alpha value is -2.88. The molecule has 166 valence electrons. The number of amides is 1. The van der Waals surface area contributed by atoms with Gasteiger partial charge in [0, 0.05) is 29.8 Å². The summed E-state index contributed by atoms with van der Waals surface area (Å²) in [7, 11) is 0. The molecular weight excluding hydrogens is 468 g/mol. The number of benzene rings is 1. The second kappa shape index (κ2) is 9.09. The van der Waals surface area contributed by atoms with Crippen molar-refractivity contribution < 1.29 is 19.2 Å². The van der Waals surface area contributed by atoms with E-state index in [2.05, 4.69) is 26.2 Å². The second-order valence-electron chi connectivity index (χ2n) is 8.30. The van der Waals surface area contributed by atoms with Crippen molar-refractivity contribution in [3.8, 4) is 5.75 Å². The van der Waals surface area contributed by atoms with Crippen LogP contribution in [0, 0.1) is 10.1 Å². The van der Waals surface area contributed by atoms with E-state index in [1.54, 1.807) is 44.0 Å². The normalized spacial score (nSPS) is 15.1. The molecule has 0 spiro atoms. The maximum absolute atomic E-state index is 12.2. The van der Waals surface area contributed by atoms with Crippen molar-refractivity contribution in [1.29, 1.82) is 0 Å². The summed E-state index contributed by atoms with van der Waals surface area (Å²) in [6.45, 7) is 7.98. The number of ether oxygens (including phenoxy) is 2. The molecule has 1 aliphatic heterocycles. The van der Waals surface area contributed by atoms with Crippen LogP contribution in [0.25, 0.3) is 0 Å². The van der Waals surface area contributed by atoms with Crippen molar-refractivity contribution >= 4 is 33.4 Å². The topological polar surface area (TPSA) is 107 Å². The summed E-state index contributed by atoms with van der Waals surface area (Å²) in [6, 6.07) is 8.42. The molecule has 2 aromatic rings. The Bertz CT molecular complexity index is 958. The zero-order chi connectivity index (χ0) is 22.8. The first kappa shape index (κ1) is 22.8. The number of nitro groups is 1. The molecule has 1 saturated heterocycles. The first-order valence-electron chi connectivity index (χ1n) is 9.83. The predicted molar refractivity (Wildman–Crippen MR) is 119 cm³/mol. The number of likely N-dealkylation sites (tertiary alicyclic amines) is 1. The van der Waals surface area contributed by atoms with Gasteiger partial charge in [-0.2, -0.15) is 0 Å². The van der Waals surface area contributed by atoms with E-state index in [0.717, 1.165) is 0 Å². The Balaban J connectivity index is 1.78. The summed E-state index contributed by atoms with van der Waals surface area (Å²) < 4.78 is 11.9. The SMILES string of the molecule is CC(Oc1cc(Br)cc([N+](=O)[O-])c1NC1CN(C(=O)OC(C)(C)C)C1)c1ccccn1. The number of hydrogen-bond acceptors (Lipinski definition) is 7. The molecular formula is C21H25BrN4O5. The van der Waals surface area contributed by atoms with Gasteiger partial charge in [-0.3, -0.25) is 15.1 Å². The highest BCUT2D eigenvalue weighted by Gasteiger charge is 2.35. The average molecular weight is 493 g/mol. The number of hydrogen-bond donors (Lipinski definition) is 1. The van der Waals surface area contributed by atoms with Crippen LogP contribution in [0.15, 0.2) is 41.0 Å². The fourth-order valence-corrected chi connectivity index (χ4v) is 3.49. The van der Waals surface area contributed by atoms with Crippen molar-refractivity contribution in [2.24, 2.45) is 0 Å². The molecule has 0 radical (unpaired) electrons. The molecule has 1 aromatic carbocycles. The average Bonchev–Trinajstić information content (AvgIpc) is 2.64. The van der Waals surface area contributed by atoms with Crippen LogP contribution in [0.1, 0.15) is 39.5 Å². The number of nitrogens with one attached hydrogen (secondary N) is 1. The molecule has 10 heteroatoms. The third kappa shape index (κ3) is 5.84. The molecule has 9 nitrogen and oxygen atoms in total. The largest absolute Gasteiger partial charge is 0.482 e. The number of nitro benzene ring substituents is 1. The monoisotopic (exact) mass is 492 g/mol. The number of nitrogens with zero attached hydrogens (tertiary/aromatic N) is 3. The van der Waals surface area contributed by atoms with Gasteiger partial charge < -0.3 is 19.7 Å². The third-order valence-corrected chi connectivity index (χ3v) is 4.99. The first-order valence-corrected chi connectivity index (χ1v) is 10.6. The van der Waals surface area contributed by atoms with Gasteiger partial charge in [0.05, 0.1) is 16.7 Å². The number of anilines is 1. The first-order chi connectivity index (χ1) is 14.5. The summed E-state index contributed by atoms with van der Waals surface area (Å²) in [5.41, 5.74) is 0.275. The molecule has 1 unspecified atom stereocenters. The van der Waals surface area contributed by atoms with E-state index < -0.39 is 22.7 Å². The van der Waals surface area contributed by atoms with Crippen LogP contribution < -0.4 is 10.1 Å². The smallest absolute Gasteiger partial charge is 0.410 e. The molecule has 1 fully saturated rings. The van der Waals surface area contributed by atoms with Crippen LogP contribution in [0.4, 0.5) is 16.2 Å². The van der Waals surface area contributed by atoms with Gasteiger partial charge in [-0.05, 0) is 45.9 Å². The molecule has 0 saturated carbocycles. The molecule has 2 heterocycles. The molecule has 3 rings (SSSR count). The minimum absolute atomic E-state index is 0.117. The lowest BCUT2D eigenvalue weighted by Gasteiger charge is -2.40. The summed E-state index contributed by atoms with van der Waals surface area (Å²) in [4.78, 5) is 29.2. The van der Waals surface area contributed by atoms with Crippen LogP contribution in [0.3, 0.4) is 0 Å². The molecule has 31 heavy (non-hydrogen) atoms. The van der Waals surface area contributed by atoms with E-state index in [4.69, 9.17) is 9.47 Å². The number of carbonyl (C=O) groups excluding carboxylic acids is 1. The van der Waals surface area contributed by atoms with Crippen molar-refractivity contribution in [3.05, 3.63) is 56.8 Å². The van der Waals surface area contributed by atoms with E-state index >= 15 is 0 Å². The highest BCUT2D eigenvalue weighted by Crippen LogP contribution is 2.40.